The number of carbonyl (C=O) groups is 2. The van der Waals surface area contributed by atoms with Crippen molar-refractivity contribution in [2.45, 2.75) is 52.9 Å². The van der Waals surface area contributed by atoms with Gasteiger partial charge in [0.05, 0.1) is 5.92 Å². The van der Waals surface area contributed by atoms with Crippen LogP contribution in [0.15, 0.2) is 23.3 Å². The molecule has 1 saturated carbocycles. The molecule has 17 heavy (non-hydrogen) atoms. The summed E-state index contributed by atoms with van der Waals surface area (Å²) in [5, 5.41) is 0. The lowest BCUT2D eigenvalue weighted by molar-refractivity contribution is -0.126. The molecule has 0 aromatic rings. The molecule has 0 spiro atoms. The predicted octanol–water partition coefficient (Wildman–Crippen LogP) is 3.62. The fourth-order valence-electron chi connectivity index (χ4n) is 2.05. The highest BCUT2D eigenvalue weighted by Gasteiger charge is 2.31. The van der Waals surface area contributed by atoms with Gasteiger partial charge in [-0.2, -0.15) is 0 Å². The molecule has 2 heteroatoms. The summed E-state index contributed by atoms with van der Waals surface area (Å²) < 4.78 is 0. The van der Waals surface area contributed by atoms with Crippen molar-refractivity contribution in [1.82, 2.24) is 0 Å². The maximum Gasteiger partial charge on any atom is 0.144 e. The SMILES string of the molecule is CC(C)=CCCC(C)=CCC1C(=O)CCC1=O. The first-order chi connectivity index (χ1) is 8.00. The number of Topliss-reactive ketones (excluding diaryl/α,β-unsaturated/α-hetero) is 2. The van der Waals surface area contributed by atoms with E-state index in [0.29, 0.717) is 19.3 Å². The molecule has 0 aromatic heterocycles. The molecule has 1 fully saturated rings. The zero-order chi connectivity index (χ0) is 12.8. The van der Waals surface area contributed by atoms with Gasteiger partial charge in [0.25, 0.3) is 0 Å². The Balaban J connectivity index is 2.39. The number of rotatable bonds is 5. The summed E-state index contributed by atoms with van der Waals surface area (Å²) >= 11 is 0. The van der Waals surface area contributed by atoms with Gasteiger partial charge in [-0.3, -0.25) is 9.59 Å². The Labute approximate surface area is 104 Å². The highest BCUT2D eigenvalue weighted by Crippen LogP contribution is 2.22. The zero-order valence-electron chi connectivity index (χ0n) is 11.1. The minimum atomic E-state index is -0.339. The smallest absolute Gasteiger partial charge is 0.144 e. The third-order valence-electron chi connectivity index (χ3n) is 3.19. The van der Waals surface area contributed by atoms with E-state index in [9.17, 15) is 9.59 Å². The largest absolute Gasteiger partial charge is 0.299 e. The maximum atomic E-state index is 11.4. The van der Waals surface area contributed by atoms with Gasteiger partial charge in [-0.15, -0.1) is 0 Å². The first-order valence-electron chi connectivity index (χ1n) is 6.35. The first kappa shape index (κ1) is 13.9. The quantitative estimate of drug-likeness (QED) is 0.538. The average Bonchev–Trinajstić information content (AvgIpc) is 2.55. The topological polar surface area (TPSA) is 34.1 Å². The molecule has 1 aliphatic rings. The molecule has 0 atom stereocenters. The van der Waals surface area contributed by atoms with Gasteiger partial charge in [0.15, 0.2) is 0 Å². The van der Waals surface area contributed by atoms with E-state index in [-0.39, 0.29) is 17.5 Å². The van der Waals surface area contributed by atoms with Crippen LogP contribution in [0.4, 0.5) is 0 Å². The van der Waals surface area contributed by atoms with Crippen molar-refractivity contribution in [2.75, 3.05) is 0 Å². The molecule has 0 saturated heterocycles. The van der Waals surface area contributed by atoms with Crippen LogP contribution in [-0.4, -0.2) is 11.6 Å². The first-order valence-corrected chi connectivity index (χ1v) is 6.35. The van der Waals surface area contributed by atoms with Crippen molar-refractivity contribution in [3.8, 4) is 0 Å². The summed E-state index contributed by atoms with van der Waals surface area (Å²) in [6.07, 6.45) is 7.84. The van der Waals surface area contributed by atoms with Crippen LogP contribution in [0.5, 0.6) is 0 Å². The van der Waals surface area contributed by atoms with Gasteiger partial charge >= 0.3 is 0 Å². The van der Waals surface area contributed by atoms with E-state index in [0.717, 1.165) is 12.8 Å². The van der Waals surface area contributed by atoms with Crippen LogP contribution < -0.4 is 0 Å². The van der Waals surface area contributed by atoms with Crippen LogP contribution in [-0.2, 0) is 9.59 Å². The summed E-state index contributed by atoms with van der Waals surface area (Å²) in [5.41, 5.74) is 2.61. The van der Waals surface area contributed by atoms with Crippen LogP contribution in [0.2, 0.25) is 0 Å². The molecule has 0 unspecified atom stereocenters. The Hall–Kier alpha value is -1.18. The Morgan fingerprint density at radius 1 is 1.12 bits per heavy atom. The van der Waals surface area contributed by atoms with Gasteiger partial charge in [-0.1, -0.05) is 23.3 Å². The normalized spacial score (nSPS) is 17.7. The van der Waals surface area contributed by atoms with Crippen molar-refractivity contribution >= 4 is 11.6 Å². The standard InChI is InChI=1S/C15H22O2/c1-11(2)5-4-6-12(3)7-8-13-14(16)9-10-15(13)17/h5,7,13H,4,6,8-10H2,1-3H3. The third-order valence-corrected chi connectivity index (χ3v) is 3.19. The van der Waals surface area contributed by atoms with Gasteiger partial charge < -0.3 is 0 Å². The molecule has 0 N–H and O–H groups in total. The number of ketones is 2. The molecule has 0 heterocycles. The van der Waals surface area contributed by atoms with Crippen LogP contribution in [0.1, 0.15) is 52.9 Å². The lowest BCUT2D eigenvalue weighted by Crippen LogP contribution is -2.13. The van der Waals surface area contributed by atoms with E-state index in [4.69, 9.17) is 0 Å². The maximum absolute atomic E-state index is 11.4. The Bertz CT molecular complexity index is 341. The van der Waals surface area contributed by atoms with E-state index >= 15 is 0 Å². The van der Waals surface area contributed by atoms with E-state index in [1.807, 2.05) is 0 Å². The minimum Gasteiger partial charge on any atom is -0.299 e. The van der Waals surface area contributed by atoms with E-state index in [2.05, 4.69) is 32.9 Å². The molecule has 1 aliphatic carbocycles. The molecule has 0 aliphatic heterocycles. The summed E-state index contributed by atoms with van der Waals surface area (Å²) in [4.78, 5) is 22.9. The Kier molecular flexibility index (Phi) is 5.33. The van der Waals surface area contributed by atoms with E-state index in [1.54, 1.807) is 0 Å². The van der Waals surface area contributed by atoms with Crippen LogP contribution in [0.3, 0.4) is 0 Å². The fraction of sp³-hybridized carbons (Fsp3) is 0.600. The second-order valence-electron chi connectivity index (χ2n) is 5.09. The number of hydrogen-bond donors (Lipinski definition) is 0. The van der Waals surface area contributed by atoms with Crippen molar-refractivity contribution in [3.63, 3.8) is 0 Å². The molecule has 0 aromatic carbocycles. The van der Waals surface area contributed by atoms with Gasteiger partial charge in [0.2, 0.25) is 0 Å². The predicted molar refractivity (Wildman–Crippen MR) is 69.8 cm³/mol. The molecular weight excluding hydrogens is 212 g/mol. The number of hydrogen-bond acceptors (Lipinski definition) is 2. The molecule has 0 amide bonds. The van der Waals surface area contributed by atoms with E-state index < -0.39 is 0 Å². The van der Waals surface area contributed by atoms with Crippen molar-refractivity contribution in [2.24, 2.45) is 5.92 Å². The monoisotopic (exact) mass is 234 g/mol. The molecule has 2 nitrogen and oxygen atoms in total. The fourth-order valence-corrected chi connectivity index (χ4v) is 2.05. The molecule has 94 valence electrons. The molecule has 1 rings (SSSR count). The van der Waals surface area contributed by atoms with Gasteiger partial charge in [-0.05, 0) is 40.0 Å². The second-order valence-corrected chi connectivity index (χ2v) is 5.09. The van der Waals surface area contributed by atoms with Gasteiger partial charge in [0.1, 0.15) is 11.6 Å². The van der Waals surface area contributed by atoms with Crippen molar-refractivity contribution < 1.29 is 9.59 Å². The zero-order valence-corrected chi connectivity index (χ0v) is 11.1. The molecule has 0 radical (unpaired) electrons. The number of carbonyl (C=O) groups excluding carboxylic acids is 2. The van der Waals surface area contributed by atoms with Crippen LogP contribution >= 0.6 is 0 Å². The average molecular weight is 234 g/mol. The lowest BCUT2D eigenvalue weighted by Gasteiger charge is -2.04. The molecular formula is C15H22O2. The second kappa shape index (κ2) is 6.53. The Morgan fingerprint density at radius 3 is 2.24 bits per heavy atom. The number of allylic oxidation sites excluding steroid dienone is 4. The van der Waals surface area contributed by atoms with Crippen LogP contribution in [0, 0.1) is 5.92 Å². The molecule has 0 bridgehead atoms. The van der Waals surface area contributed by atoms with Gasteiger partial charge in [-0.25, -0.2) is 0 Å². The highest BCUT2D eigenvalue weighted by molar-refractivity contribution is 6.08. The highest BCUT2D eigenvalue weighted by atomic mass is 16.2. The third kappa shape index (κ3) is 4.68. The van der Waals surface area contributed by atoms with Crippen molar-refractivity contribution in [1.29, 1.82) is 0 Å². The summed E-state index contributed by atoms with van der Waals surface area (Å²) in [5.74, 6) is -0.0832. The van der Waals surface area contributed by atoms with Crippen molar-refractivity contribution in [3.05, 3.63) is 23.3 Å². The minimum absolute atomic E-state index is 0.128. The summed E-state index contributed by atoms with van der Waals surface area (Å²) in [6.45, 7) is 6.26. The van der Waals surface area contributed by atoms with E-state index in [1.165, 1.54) is 11.1 Å². The van der Waals surface area contributed by atoms with Gasteiger partial charge in [0, 0.05) is 12.8 Å². The Morgan fingerprint density at radius 2 is 1.71 bits per heavy atom. The van der Waals surface area contributed by atoms with Crippen LogP contribution in [0.25, 0.3) is 0 Å². The summed E-state index contributed by atoms with van der Waals surface area (Å²) in [6, 6.07) is 0. The summed E-state index contributed by atoms with van der Waals surface area (Å²) in [7, 11) is 0. The lowest BCUT2D eigenvalue weighted by atomic mass is 9.99.